The van der Waals surface area contributed by atoms with Crippen LogP contribution in [0.1, 0.15) is 48.2 Å². The topological polar surface area (TPSA) is 59.5 Å². The lowest BCUT2D eigenvalue weighted by molar-refractivity contribution is -0.134. The Morgan fingerprint density at radius 3 is 2.53 bits per heavy atom. The van der Waals surface area contributed by atoms with Crippen LogP contribution in [0.3, 0.4) is 0 Å². The number of carbonyl (C=O) groups is 2. The van der Waals surface area contributed by atoms with E-state index in [0.717, 1.165) is 64.1 Å². The first-order valence-corrected chi connectivity index (χ1v) is 14.0. The average Bonchev–Trinajstić information content (AvgIpc) is 3.34. The number of esters is 1. The van der Waals surface area contributed by atoms with Crippen molar-refractivity contribution >= 4 is 45.2 Å². The number of aromatic nitrogens is 1. The number of carbonyl (C=O) groups excluding carboxylic acids is 2. The summed E-state index contributed by atoms with van der Waals surface area (Å²) in [6.45, 7) is 2.53. The third-order valence-electron chi connectivity index (χ3n) is 7.14. The highest BCUT2D eigenvalue weighted by atomic mass is 32.1. The van der Waals surface area contributed by atoms with Gasteiger partial charge in [-0.05, 0) is 72.4 Å². The molecule has 1 heterocycles. The van der Waals surface area contributed by atoms with E-state index in [4.69, 9.17) is 4.74 Å². The molecule has 0 aliphatic heterocycles. The minimum Gasteiger partial charge on any atom is -0.466 e. The van der Waals surface area contributed by atoms with Crippen LogP contribution in [0, 0.1) is 12.8 Å². The van der Waals surface area contributed by atoms with E-state index < -0.39 is 5.97 Å². The molecule has 0 atom stereocenters. The highest BCUT2D eigenvalue weighted by Gasteiger charge is 2.27. The van der Waals surface area contributed by atoms with Crippen LogP contribution in [0.2, 0.25) is 0 Å². The molecule has 1 fully saturated rings. The molecule has 1 aliphatic rings. The minimum atomic E-state index is -0.407. The molecule has 6 heteroatoms. The maximum Gasteiger partial charge on any atom is 0.330 e. The summed E-state index contributed by atoms with van der Waals surface area (Å²) in [5.41, 5.74) is 6.09. The first kappa shape index (κ1) is 25.9. The molecule has 0 radical (unpaired) electrons. The molecule has 0 unspecified atom stereocenters. The molecule has 3 aromatic carbocycles. The van der Waals surface area contributed by atoms with E-state index in [0.29, 0.717) is 6.54 Å². The maximum absolute atomic E-state index is 13.8. The first-order valence-electron chi connectivity index (χ1n) is 13.1. The number of amides is 1. The van der Waals surface area contributed by atoms with Crippen molar-refractivity contribution in [2.45, 2.75) is 45.6 Å². The van der Waals surface area contributed by atoms with E-state index in [1.165, 1.54) is 24.3 Å². The third-order valence-corrected chi connectivity index (χ3v) is 8.07. The summed E-state index contributed by atoms with van der Waals surface area (Å²) in [6, 6.07) is 22.6. The van der Waals surface area contributed by atoms with Gasteiger partial charge in [0, 0.05) is 17.7 Å². The monoisotopic (exact) mass is 524 g/mol. The normalized spacial score (nSPS) is 14.2. The number of nitrogens with zero attached hydrogens (tertiary/aromatic N) is 2. The van der Waals surface area contributed by atoms with Crippen molar-refractivity contribution < 1.29 is 14.3 Å². The summed E-state index contributed by atoms with van der Waals surface area (Å²) in [5, 5.41) is 1.07. The van der Waals surface area contributed by atoms with Gasteiger partial charge in [-0.1, -0.05) is 61.7 Å². The van der Waals surface area contributed by atoms with E-state index >= 15 is 0 Å². The van der Waals surface area contributed by atoms with Crippen LogP contribution in [-0.2, 0) is 20.9 Å². The zero-order chi connectivity index (χ0) is 26.5. The predicted molar refractivity (Wildman–Crippen MR) is 155 cm³/mol. The lowest BCUT2D eigenvalue weighted by Crippen LogP contribution is -2.36. The summed E-state index contributed by atoms with van der Waals surface area (Å²) in [4.78, 5) is 31.8. The van der Waals surface area contributed by atoms with Crippen molar-refractivity contribution in [1.29, 1.82) is 0 Å². The lowest BCUT2D eigenvalue weighted by atomic mass is 9.88. The predicted octanol–water partition coefficient (Wildman–Crippen LogP) is 7.57. The number of aryl methyl sites for hydroxylation is 1. The van der Waals surface area contributed by atoms with E-state index in [1.807, 2.05) is 36.1 Å². The molecular formula is C32H32N2O3S. The Morgan fingerprint density at radius 2 is 1.76 bits per heavy atom. The van der Waals surface area contributed by atoms with Crippen LogP contribution in [0.15, 0.2) is 72.8 Å². The number of ether oxygens (including phenoxy) is 1. The summed E-state index contributed by atoms with van der Waals surface area (Å²) in [6.07, 6.45) is 8.40. The Balaban J connectivity index is 1.41. The van der Waals surface area contributed by atoms with Gasteiger partial charge in [-0.15, -0.1) is 11.3 Å². The number of fused-ring (bicyclic) bond motifs is 1. The fourth-order valence-corrected chi connectivity index (χ4v) is 5.97. The molecule has 0 bridgehead atoms. The van der Waals surface area contributed by atoms with E-state index in [2.05, 4.69) is 47.4 Å². The number of rotatable bonds is 7. The number of anilines is 1. The number of hydrogen-bond acceptors (Lipinski definition) is 5. The molecule has 4 aromatic rings. The van der Waals surface area contributed by atoms with Gasteiger partial charge in [0.15, 0.2) is 0 Å². The standard InChI is InChI=1S/C32H32N2O3S/c1-22-33-29-17-16-27(20-30(29)38-22)25-14-11-24(12-15-25)21-34(32(36)26-8-4-3-5-9-26)28-10-6-7-23(19-28)13-18-31(35)37-2/h6-7,10-20,26H,3-5,8-9,21H2,1-2H3. The van der Waals surface area contributed by atoms with Crippen LogP contribution >= 0.6 is 11.3 Å². The SMILES string of the molecule is COC(=O)C=Cc1cccc(N(Cc2ccc(-c3ccc4nc(C)sc4c3)cc2)C(=O)C2CCCCC2)c1. The van der Waals surface area contributed by atoms with E-state index in [9.17, 15) is 9.59 Å². The molecule has 5 nitrogen and oxygen atoms in total. The second kappa shape index (κ2) is 11.7. The van der Waals surface area contributed by atoms with Gasteiger partial charge in [-0.2, -0.15) is 0 Å². The fourth-order valence-electron chi connectivity index (χ4n) is 5.10. The van der Waals surface area contributed by atoms with Crippen molar-refractivity contribution in [2.24, 2.45) is 5.92 Å². The summed E-state index contributed by atoms with van der Waals surface area (Å²) in [7, 11) is 1.36. The zero-order valence-electron chi connectivity index (χ0n) is 21.9. The maximum atomic E-state index is 13.8. The first-order chi connectivity index (χ1) is 18.5. The van der Waals surface area contributed by atoms with Crippen molar-refractivity contribution in [2.75, 3.05) is 12.0 Å². The van der Waals surface area contributed by atoms with Crippen LogP contribution in [0.25, 0.3) is 27.4 Å². The quantitative estimate of drug-likeness (QED) is 0.185. The molecule has 1 aromatic heterocycles. The van der Waals surface area contributed by atoms with Gasteiger partial charge in [0.25, 0.3) is 0 Å². The van der Waals surface area contributed by atoms with Crippen molar-refractivity contribution in [3.8, 4) is 11.1 Å². The summed E-state index contributed by atoms with van der Waals surface area (Å²) in [5.74, 6) is -0.184. The summed E-state index contributed by atoms with van der Waals surface area (Å²) >= 11 is 1.71. The van der Waals surface area contributed by atoms with Gasteiger partial charge >= 0.3 is 5.97 Å². The highest BCUT2D eigenvalue weighted by molar-refractivity contribution is 7.18. The minimum absolute atomic E-state index is 0.0480. The molecule has 1 aliphatic carbocycles. The molecule has 1 saturated carbocycles. The third kappa shape index (κ3) is 6.03. The van der Waals surface area contributed by atoms with Crippen LogP contribution < -0.4 is 4.90 Å². The van der Waals surface area contributed by atoms with E-state index in [-0.39, 0.29) is 11.8 Å². The van der Waals surface area contributed by atoms with Gasteiger partial charge in [0.05, 0.1) is 28.9 Å². The fraction of sp³-hybridized carbons (Fsp3) is 0.281. The molecule has 0 N–H and O–H groups in total. The Hall–Kier alpha value is -3.77. The molecule has 194 valence electrons. The number of hydrogen-bond donors (Lipinski definition) is 0. The molecule has 0 spiro atoms. The molecule has 38 heavy (non-hydrogen) atoms. The van der Waals surface area contributed by atoms with Crippen LogP contribution in [-0.4, -0.2) is 24.0 Å². The second-order valence-electron chi connectivity index (χ2n) is 9.82. The van der Waals surface area contributed by atoms with Gasteiger partial charge < -0.3 is 9.64 Å². The number of benzene rings is 3. The molecule has 0 saturated heterocycles. The van der Waals surface area contributed by atoms with Crippen molar-refractivity contribution in [3.63, 3.8) is 0 Å². The van der Waals surface area contributed by atoms with E-state index in [1.54, 1.807) is 17.4 Å². The summed E-state index contributed by atoms with van der Waals surface area (Å²) < 4.78 is 5.91. The van der Waals surface area contributed by atoms with Crippen molar-refractivity contribution in [1.82, 2.24) is 4.98 Å². The van der Waals surface area contributed by atoms with Crippen LogP contribution in [0.5, 0.6) is 0 Å². The van der Waals surface area contributed by atoms with Gasteiger partial charge in [-0.25, -0.2) is 9.78 Å². The van der Waals surface area contributed by atoms with Gasteiger partial charge in [-0.3, -0.25) is 4.79 Å². The largest absolute Gasteiger partial charge is 0.466 e. The Morgan fingerprint density at radius 1 is 1.00 bits per heavy atom. The number of thiazole rings is 1. The Kier molecular flexibility index (Phi) is 7.99. The Labute approximate surface area is 227 Å². The average molecular weight is 525 g/mol. The number of methoxy groups -OCH3 is 1. The van der Waals surface area contributed by atoms with Crippen LogP contribution in [0.4, 0.5) is 5.69 Å². The van der Waals surface area contributed by atoms with Crippen molar-refractivity contribution in [3.05, 3.63) is 88.9 Å². The molecule has 5 rings (SSSR count). The second-order valence-corrected chi connectivity index (χ2v) is 11.1. The molecule has 1 amide bonds. The van der Waals surface area contributed by atoms with Gasteiger partial charge in [0.1, 0.15) is 0 Å². The molecular weight excluding hydrogens is 492 g/mol. The smallest absolute Gasteiger partial charge is 0.330 e. The zero-order valence-corrected chi connectivity index (χ0v) is 22.7. The van der Waals surface area contributed by atoms with Gasteiger partial charge in [0.2, 0.25) is 5.91 Å². The highest BCUT2D eigenvalue weighted by Crippen LogP contribution is 2.31. The Bertz CT molecular complexity index is 1470. The lowest BCUT2D eigenvalue weighted by Gasteiger charge is -2.30.